The molecule has 32 heavy (non-hydrogen) atoms. The number of amides is 2. The van der Waals surface area contributed by atoms with Crippen LogP contribution in [0.1, 0.15) is 22.8 Å². The summed E-state index contributed by atoms with van der Waals surface area (Å²) >= 11 is 0. The Kier molecular flexibility index (Phi) is 8.79. The average molecular weight is 439 g/mol. The van der Waals surface area contributed by atoms with E-state index in [1.165, 1.54) is 10.5 Å². The van der Waals surface area contributed by atoms with Gasteiger partial charge in [-0.15, -0.1) is 0 Å². The van der Waals surface area contributed by atoms with Gasteiger partial charge in [-0.25, -0.2) is 0 Å². The van der Waals surface area contributed by atoms with Crippen LogP contribution in [0.2, 0.25) is 0 Å². The predicted molar refractivity (Wildman–Crippen MR) is 127 cm³/mol. The largest absolute Gasteiger partial charge is 0.379 e. The molecule has 1 fully saturated rings. The number of carbonyl (C=O) groups excluding carboxylic acids is 2. The first-order chi connectivity index (χ1) is 15.4. The van der Waals surface area contributed by atoms with Crippen molar-refractivity contribution in [3.05, 3.63) is 65.7 Å². The van der Waals surface area contributed by atoms with Gasteiger partial charge < -0.3 is 15.0 Å². The highest BCUT2D eigenvalue weighted by atomic mass is 16.5. The molecule has 7 nitrogen and oxygen atoms in total. The first kappa shape index (κ1) is 23.9. The van der Waals surface area contributed by atoms with Crippen molar-refractivity contribution in [3.8, 4) is 0 Å². The van der Waals surface area contributed by atoms with E-state index in [2.05, 4.69) is 34.2 Å². The summed E-state index contributed by atoms with van der Waals surface area (Å²) in [4.78, 5) is 31.1. The van der Waals surface area contributed by atoms with Gasteiger partial charge in [-0.2, -0.15) is 0 Å². The molecule has 7 heteroatoms. The summed E-state index contributed by atoms with van der Waals surface area (Å²) in [6, 6.07) is 17.5. The highest BCUT2D eigenvalue weighted by Crippen LogP contribution is 2.14. The summed E-state index contributed by atoms with van der Waals surface area (Å²) < 4.78 is 5.46. The fourth-order valence-corrected chi connectivity index (χ4v) is 3.80. The first-order valence-electron chi connectivity index (χ1n) is 11.1. The topological polar surface area (TPSA) is 65.1 Å². The normalized spacial score (nSPS) is 15.4. The molecule has 0 radical (unpaired) electrons. The van der Waals surface area contributed by atoms with Crippen LogP contribution in [0.5, 0.6) is 0 Å². The molecule has 1 aliphatic rings. The zero-order valence-electron chi connectivity index (χ0n) is 19.3. The SMILES string of the molecule is CC(CN1CCOCC1)N(CC(=O)Nc1ccc(C(=O)N(C)C)cc1)Cc1ccccc1. The molecule has 0 aromatic heterocycles. The Labute approximate surface area is 190 Å². The van der Waals surface area contributed by atoms with Gasteiger partial charge in [0.2, 0.25) is 5.91 Å². The van der Waals surface area contributed by atoms with Gasteiger partial charge in [-0.1, -0.05) is 30.3 Å². The molecular formula is C25H34N4O3. The van der Waals surface area contributed by atoms with Crippen LogP contribution in [0.25, 0.3) is 0 Å². The van der Waals surface area contributed by atoms with Crippen LogP contribution >= 0.6 is 0 Å². The number of carbonyl (C=O) groups is 2. The van der Waals surface area contributed by atoms with Gasteiger partial charge in [-0.3, -0.25) is 19.4 Å². The van der Waals surface area contributed by atoms with E-state index in [1.807, 2.05) is 18.2 Å². The monoisotopic (exact) mass is 438 g/mol. The molecule has 2 aromatic rings. The molecule has 0 bridgehead atoms. The molecule has 0 saturated carbocycles. The van der Waals surface area contributed by atoms with Crippen LogP contribution in [0.3, 0.4) is 0 Å². The predicted octanol–water partition coefficient (Wildman–Crippen LogP) is 2.55. The van der Waals surface area contributed by atoms with Crippen molar-refractivity contribution in [1.82, 2.24) is 14.7 Å². The van der Waals surface area contributed by atoms with E-state index >= 15 is 0 Å². The fraction of sp³-hybridized carbons (Fsp3) is 0.440. The Hall–Kier alpha value is -2.74. The van der Waals surface area contributed by atoms with Gasteiger partial charge in [0.25, 0.3) is 5.91 Å². The molecule has 1 heterocycles. The van der Waals surface area contributed by atoms with Crippen molar-refractivity contribution in [2.45, 2.75) is 19.5 Å². The number of nitrogens with zero attached hydrogens (tertiary/aromatic N) is 3. The molecule has 3 rings (SSSR count). The molecule has 2 amide bonds. The molecule has 2 aromatic carbocycles. The molecule has 172 valence electrons. The summed E-state index contributed by atoms with van der Waals surface area (Å²) in [5, 5.41) is 2.97. The highest BCUT2D eigenvalue weighted by molar-refractivity contribution is 5.96. The molecule has 1 saturated heterocycles. The zero-order chi connectivity index (χ0) is 22.9. The fourth-order valence-electron chi connectivity index (χ4n) is 3.80. The van der Waals surface area contributed by atoms with E-state index < -0.39 is 0 Å². The van der Waals surface area contributed by atoms with Crippen molar-refractivity contribution in [2.24, 2.45) is 0 Å². The minimum absolute atomic E-state index is 0.0612. The highest BCUT2D eigenvalue weighted by Gasteiger charge is 2.21. The Morgan fingerprint density at radius 1 is 1.03 bits per heavy atom. The van der Waals surface area contributed by atoms with E-state index in [4.69, 9.17) is 4.74 Å². The maximum Gasteiger partial charge on any atom is 0.253 e. The third kappa shape index (κ3) is 7.15. The standard InChI is InChI=1S/C25H34N4O3/c1-20(17-28-13-15-32-16-14-28)29(18-21-7-5-4-6-8-21)19-24(30)26-23-11-9-22(10-12-23)25(31)27(2)3/h4-12,20H,13-19H2,1-3H3,(H,26,30). The van der Waals surface area contributed by atoms with Crippen LogP contribution in [-0.4, -0.2) is 86.0 Å². The maximum absolute atomic E-state index is 12.9. The van der Waals surface area contributed by atoms with Gasteiger partial charge in [0.05, 0.1) is 19.8 Å². The first-order valence-corrected chi connectivity index (χ1v) is 11.1. The zero-order valence-corrected chi connectivity index (χ0v) is 19.3. The number of hydrogen-bond donors (Lipinski definition) is 1. The number of benzene rings is 2. The van der Waals surface area contributed by atoms with Crippen molar-refractivity contribution >= 4 is 17.5 Å². The van der Waals surface area contributed by atoms with Gasteiger partial charge >= 0.3 is 0 Å². The van der Waals surface area contributed by atoms with Crippen molar-refractivity contribution < 1.29 is 14.3 Å². The molecule has 1 N–H and O–H groups in total. The number of morpholine rings is 1. The Balaban J connectivity index is 1.63. The third-order valence-corrected chi connectivity index (χ3v) is 5.65. The lowest BCUT2D eigenvalue weighted by Crippen LogP contribution is -2.47. The van der Waals surface area contributed by atoms with E-state index in [1.54, 1.807) is 38.4 Å². The lowest BCUT2D eigenvalue weighted by molar-refractivity contribution is -0.118. The van der Waals surface area contributed by atoms with Crippen LogP contribution in [0, 0.1) is 0 Å². The van der Waals surface area contributed by atoms with Gasteiger partial charge in [0.1, 0.15) is 0 Å². The van der Waals surface area contributed by atoms with E-state index in [-0.39, 0.29) is 17.9 Å². The van der Waals surface area contributed by atoms with E-state index in [0.29, 0.717) is 24.3 Å². The van der Waals surface area contributed by atoms with Crippen LogP contribution in [0.4, 0.5) is 5.69 Å². The quantitative estimate of drug-likeness (QED) is 0.652. The van der Waals surface area contributed by atoms with E-state index in [0.717, 1.165) is 32.8 Å². The Morgan fingerprint density at radius 2 is 1.69 bits per heavy atom. The average Bonchev–Trinajstić information content (AvgIpc) is 2.80. The second-order valence-electron chi connectivity index (χ2n) is 8.48. The number of anilines is 1. The third-order valence-electron chi connectivity index (χ3n) is 5.65. The van der Waals surface area contributed by atoms with Gasteiger partial charge in [-0.05, 0) is 36.8 Å². The van der Waals surface area contributed by atoms with Crippen molar-refractivity contribution in [3.63, 3.8) is 0 Å². The second kappa shape index (κ2) is 11.8. The number of hydrogen-bond acceptors (Lipinski definition) is 5. The number of ether oxygens (including phenoxy) is 1. The summed E-state index contributed by atoms with van der Waals surface area (Å²) in [5.41, 5.74) is 2.46. The molecule has 0 spiro atoms. The summed E-state index contributed by atoms with van der Waals surface area (Å²) in [6.07, 6.45) is 0. The summed E-state index contributed by atoms with van der Waals surface area (Å²) in [6.45, 7) is 7.44. The minimum Gasteiger partial charge on any atom is -0.379 e. The summed E-state index contributed by atoms with van der Waals surface area (Å²) in [7, 11) is 3.44. The lowest BCUT2D eigenvalue weighted by atomic mass is 10.1. The molecule has 1 atom stereocenters. The van der Waals surface area contributed by atoms with Crippen LogP contribution in [-0.2, 0) is 16.1 Å². The molecule has 1 aliphatic heterocycles. The Morgan fingerprint density at radius 3 is 2.31 bits per heavy atom. The van der Waals surface area contributed by atoms with E-state index in [9.17, 15) is 9.59 Å². The second-order valence-corrected chi connectivity index (χ2v) is 8.48. The lowest BCUT2D eigenvalue weighted by Gasteiger charge is -2.34. The van der Waals surface area contributed by atoms with Gasteiger partial charge in [0, 0.05) is 57.6 Å². The maximum atomic E-state index is 12.9. The molecular weight excluding hydrogens is 404 g/mol. The van der Waals surface area contributed by atoms with Crippen LogP contribution < -0.4 is 5.32 Å². The van der Waals surface area contributed by atoms with Gasteiger partial charge in [0.15, 0.2) is 0 Å². The van der Waals surface area contributed by atoms with Crippen molar-refractivity contribution in [1.29, 1.82) is 0 Å². The Bertz CT molecular complexity index is 865. The molecule has 1 unspecified atom stereocenters. The minimum atomic E-state index is -0.0681. The number of nitrogens with one attached hydrogen (secondary N) is 1. The molecule has 0 aliphatic carbocycles. The van der Waals surface area contributed by atoms with Crippen LogP contribution in [0.15, 0.2) is 54.6 Å². The summed E-state index contributed by atoms with van der Waals surface area (Å²) in [5.74, 6) is -0.129. The van der Waals surface area contributed by atoms with Crippen molar-refractivity contribution in [2.75, 3.05) is 58.8 Å². The smallest absolute Gasteiger partial charge is 0.253 e. The number of rotatable bonds is 9.